The van der Waals surface area contributed by atoms with E-state index >= 15 is 0 Å². The number of hydrogen-bond donors (Lipinski definition) is 1. The van der Waals surface area contributed by atoms with Gasteiger partial charge in [-0.3, -0.25) is 9.59 Å². The summed E-state index contributed by atoms with van der Waals surface area (Å²) in [6.45, 7) is 0.901. The van der Waals surface area contributed by atoms with E-state index in [2.05, 4.69) is 5.16 Å². The van der Waals surface area contributed by atoms with E-state index in [0.29, 0.717) is 23.9 Å². The molecule has 1 aliphatic rings. The van der Waals surface area contributed by atoms with Crippen LogP contribution in [0, 0.1) is 0 Å². The van der Waals surface area contributed by atoms with E-state index in [9.17, 15) is 9.59 Å². The third-order valence-electron chi connectivity index (χ3n) is 3.69. The number of morpholine rings is 1. The number of benzene rings is 1. The van der Waals surface area contributed by atoms with Crippen molar-refractivity contribution in [3.63, 3.8) is 0 Å². The van der Waals surface area contributed by atoms with E-state index in [4.69, 9.17) is 26.0 Å². The van der Waals surface area contributed by atoms with Gasteiger partial charge in [-0.1, -0.05) is 16.8 Å². The molecule has 1 fully saturated rings. The molecule has 126 valence electrons. The van der Waals surface area contributed by atoms with Gasteiger partial charge in [0.2, 0.25) is 0 Å². The molecule has 1 aromatic carbocycles. The molecule has 2 aromatic rings. The van der Waals surface area contributed by atoms with Crippen LogP contribution in [-0.2, 0) is 9.53 Å². The molecule has 1 saturated heterocycles. The van der Waals surface area contributed by atoms with Crippen LogP contribution in [0.15, 0.2) is 34.9 Å². The van der Waals surface area contributed by atoms with Gasteiger partial charge < -0.3 is 19.3 Å². The lowest BCUT2D eigenvalue weighted by atomic mass is 10.1. The summed E-state index contributed by atoms with van der Waals surface area (Å²) in [4.78, 5) is 24.8. The number of hydrogen-bond acceptors (Lipinski definition) is 5. The van der Waals surface area contributed by atoms with E-state index in [-0.39, 0.29) is 24.6 Å². The Balaban J connectivity index is 1.71. The first-order chi connectivity index (χ1) is 11.5. The maximum absolute atomic E-state index is 12.5. The topological polar surface area (TPSA) is 92.9 Å². The highest BCUT2D eigenvalue weighted by molar-refractivity contribution is 6.30. The fraction of sp³-hybridized carbons (Fsp3) is 0.312. The first-order valence-electron chi connectivity index (χ1n) is 7.38. The summed E-state index contributed by atoms with van der Waals surface area (Å²) in [7, 11) is 0. The number of nitrogens with zero attached hydrogens (tertiary/aromatic N) is 2. The van der Waals surface area contributed by atoms with Gasteiger partial charge in [-0.15, -0.1) is 0 Å². The predicted molar refractivity (Wildman–Crippen MR) is 84.8 cm³/mol. The minimum Gasteiger partial charge on any atom is -0.481 e. The fourth-order valence-corrected chi connectivity index (χ4v) is 2.64. The summed E-state index contributed by atoms with van der Waals surface area (Å²) in [5, 5.41) is 13.3. The molecule has 1 amide bonds. The Bertz CT molecular complexity index is 743. The van der Waals surface area contributed by atoms with Crippen molar-refractivity contribution in [3.05, 3.63) is 41.0 Å². The van der Waals surface area contributed by atoms with Crippen molar-refractivity contribution in [3.8, 4) is 11.3 Å². The van der Waals surface area contributed by atoms with Gasteiger partial charge in [0.05, 0.1) is 19.1 Å². The van der Waals surface area contributed by atoms with Crippen molar-refractivity contribution < 1.29 is 24.0 Å². The summed E-state index contributed by atoms with van der Waals surface area (Å²) < 4.78 is 10.6. The number of carboxylic acid groups (broad SMARTS) is 1. The highest BCUT2D eigenvalue weighted by Gasteiger charge is 2.28. The van der Waals surface area contributed by atoms with Crippen LogP contribution in [0.3, 0.4) is 0 Å². The zero-order chi connectivity index (χ0) is 17.1. The second-order valence-electron chi connectivity index (χ2n) is 5.43. The fourth-order valence-electron chi connectivity index (χ4n) is 2.51. The standard InChI is InChI=1S/C16H15ClN2O5/c17-11-3-1-10(2-4-11)14-8-13(18-24-14)16(22)19-5-6-23-12(9-19)7-15(20)21/h1-4,8,12H,5-7,9H2,(H,20,21). The number of aromatic nitrogens is 1. The van der Waals surface area contributed by atoms with Crippen molar-refractivity contribution in [1.82, 2.24) is 10.1 Å². The lowest BCUT2D eigenvalue weighted by Crippen LogP contribution is -2.46. The molecule has 0 bridgehead atoms. The summed E-state index contributed by atoms with van der Waals surface area (Å²) in [6.07, 6.45) is -0.652. The van der Waals surface area contributed by atoms with Crippen LogP contribution >= 0.6 is 11.6 Å². The van der Waals surface area contributed by atoms with E-state index in [0.717, 1.165) is 5.56 Å². The molecule has 1 aromatic heterocycles. The predicted octanol–water partition coefficient (Wildman–Crippen LogP) is 2.31. The smallest absolute Gasteiger partial charge is 0.306 e. The van der Waals surface area contributed by atoms with Gasteiger partial charge in [-0.2, -0.15) is 0 Å². The number of carbonyl (C=O) groups is 2. The Labute approximate surface area is 142 Å². The van der Waals surface area contributed by atoms with Crippen molar-refractivity contribution in [2.75, 3.05) is 19.7 Å². The molecule has 1 unspecified atom stereocenters. The molecule has 0 aliphatic carbocycles. The average Bonchev–Trinajstić information content (AvgIpc) is 3.04. The summed E-state index contributed by atoms with van der Waals surface area (Å²) in [5.74, 6) is -0.802. The van der Waals surface area contributed by atoms with Crippen LogP contribution in [-0.4, -0.2) is 52.8 Å². The SMILES string of the molecule is O=C(O)CC1CN(C(=O)c2cc(-c3ccc(Cl)cc3)on2)CCO1. The number of ether oxygens (including phenoxy) is 1. The second kappa shape index (κ2) is 7.02. The van der Waals surface area contributed by atoms with Crippen LogP contribution < -0.4 is 0 Å². The molecular formula is C16H15ClN2O5. The number of carbonyl (C=O) groups excluding carboxylic acids is 1. The lowest BCUT2D eigenvalue weighted by molar-refractivity contribution is -0.141. The molecule has 1 atom stereocenters. The number of carboxylic acids is 1. The van der Waals surface area contributed by atoms with Crippen LogP contribution in [0.4, 0.5) is 0 Å². The monoisotopic (exact) mass is 350 g/mol. The second-order valence-corrected chi connectivity index (χ2v) is 5.86. The Morgan fingerprint density at radius 1 is 1.33 bits per heavy atom. The highest BCUT2D eigenvalue weighted by atomic mass is 35.5. The van der Waals surface area contributed by atoms with Crippen LogP contribution in [0.2, 0.25) is 5.02 Å². The largest absolute Gasteiger partial charge is 0.481 e. The van der Waals surface area contributed by atoms with Gasteiger partial charge in [0.1, 0.15) is 0 Å². The molecule has 0 saturated carbocycles. The van der Waals surface area contributed by atoms with Gasteiger partial charge in [0, 0.05) is 29.7 Å². The zero-order valence-corrected chi connectivity index (χ0v) is 13.4. The molecule has 0 spiro atoms. The molecule has 1 N–H and O–H groups in total. The van der Waals surface area contributed by atoms with Crippen molar-refractivity contribution >= 4 is 23.5 Å². The van der Waals surface area contributed by atoms with E-state index in [1.807, 2.05) is 0 Å². The minimum atomic E-state index is -0.958. The van der Waals surface area contributed by atoms with E-state index in [1.165, 1.54) is 4.90 Å². The van der Waals surface area contributed by atoms with E-state index in [1.54, 1.807) is 30.3 Å². The van der Waals surface area contributed by atoms with Crippen LogP contribution in [0.5, 0.6) is 0 Å². The highest BCUT2D eigenvalue weighted by Crippen LogP contribution is 2.23. The normalized spacial score (nSPS) is 17.7. The molecule has 24 heavy (non-hydrogen) atoms. The molecule has 2 heterocycles. The van der Waals surface area contributed by atoms with Gasteiger partial charge in [-0.05, 0) is 24.3 Å². The minimum absolute atomic E-state index is 0.140. The number of amides is 1. The zero-order valence-electron chi connectivity index (χ0n) is 12.6. The van der Waals surface area contributed by atoms with Crippen LogP contribution in [0.1, 0.15) is 16.9 Å². The average molecular weight is 351 g/mol. The van der Waals surface area contributed by atoms with Crippen molar-refractivity contribution in [2.24, 2.45) is 0 Å². The Hall–Kier alpha value is -2.38. The first kappa shape index (κ1) is 16.5. The summed E-state index contributed by atoms with van der Waals surface area (Å²) in [6, 6.07) is 8.55. The van der Waals surface area contributed by atoms with E-state index < -0.39 is 12.1 Å². The first-order valence-corrected chi connectivity index (χ1v) is 7.76. The molecule has 1 aliphatic heterocycles. The number of aliphatic carboxylic acids is 1. The molecule has 0 radical (unpaired) electrons. The number of halogens is 1. The van der Waals surface area contributed by atoms with Crippen molar-refractivity contribution in [1.29, 1.82) is 0 Å². The summed E-state index contributed by atoms with van der Waals surface area (Å²) in [5.41, 5.74) is 0.938. The van der Waals surface area contributed by atoms with Gasteiger partial charge in [0.25, 0.3) is 5.91 Å². The molecular weight excluding hydrogens is 336 g/mol. The summed E-state index contributed by atoms with van der Waals surface area (Å²) >= 11 is 5.85. The van der Waals surface area contributed by atoms with Crippen molar-refractivity contribution in [2.45, 2.75) is 12.5 Å². The Kier molecular flexibility index (Phi) is 4.82. The van der Waals surface area contributed by atoms with Gasteiger partial charge >= 0.3 is 5.97 Å². The number of rotatable bonds is 4. The molecule has 3 rings (SSSR count). The maximum atomic E-state index is 12.5. The molecule has 7 nitrogen and oxygen atoms in total. The quantitative estimate of drug-likeness (QED) is 0.909. The van der Waals surface area contributed by atoms with Gasteiger partial charge in [0.15, 0.2) is 11.5 Å². The Morgan fingerprint density at radius 3 is 2.79 bits per heavy atom. The van der Waals surface area contributed by atoms with Gasteiger partial charge in [-0.25, -0.2) is 0 Å². The van der Waals surface area contributed by atoms with Crippen LogP contribution in [0.25, 0.3) is 11.3 Å². The third-order valence-corrected chi connectivity index (χ3v) is 3.94. The third kappa shape index (κ3) is 3.74. The Morgan fingerprint density at radius 2 is 2.08 bits per heavy atom. The molecule has 8 heteroatoms. The maximum Gasteiger partial charge on any atom is 0.306 e. The lowest BCUT2D eigenvalue weighted by Gasteiger charge is -2.31.